The highest BCUT2D eigenvalue weighted by Gasteiger charge is 2.13. The smallest absolute Gasteiger partial charge is 0.387 e. The van der Waals surface area contributed by atoms with E-state index in [2.05, 4.69) is 4.74 Å². The first-order valence-electron chi connectivity index (χ1n) is 4.17. The van der Waals surface area contributed by atoms with Crippen LogP contribution in [0.1, 0.15) is 22.8 Å². The second kappa shape index (κ2) is 4.57. The van der Waals surface area contributed by atoms with Gasteiger partial charge in [0.15, 0.2) is 5.78 Å². The van der Waals surface area contributed by atoms with E-state index in [4.69, 9.17) is 11.6 Å². The molecule has 1 aromatic carbocycles. The molecule has 2 nitrogen and oxygen atoms in total. The molecule has 82 valence electrons. The summed E-state index contributed by atoms with van der Waals surface area (Å²) in [6, 6.07) is 2.56. The van der Waals surface area contributed by atoms with Crippen LogP contribution in [0, 0.1) is 6.92 Å². The van der Waals surface area contributed by atoms with Crippen molar-refractivity contribution in [3.05, 3.63) is 28.3 Å². The zero-order valence-electron chi connectivity index (χ0n) is 8.18. The third-order valence-corrected chi connectivity index (χ3v) is 2.14. The van der Waals surface area contributed by atoms with Crippen LogP contribution in [0.4, 0.5) is 8.78 Å². The van der Waals surface area contributed by atoms with E-state index in [0.29, 0.717) is 11.1 Å². The molecular weight excluding hydrogens is 226 g/mol. The molecule has 0 atom stereocenters. The van der Waals surface area contributed by atoms with E-state index in [9.17, 15) is 13.6 Å². The topological polar surface area (TPSA) is 26.3 Å². The first-order valence-corrected chi connectivity index (χ1v) is 4.55. The number of benzene rings is 1. The third kappa shape index (κ3) is 2.89. The van der Waals surface area contributed by atoms with Gasteiger partial charge >= 0.3 is 6.61 Å². The normalized spacial score (nSPS) is 10.5. The van der Waals surface area contributed by atoms with Crippen LogP contribution in [0.2, 0.25) is 5.02 Å². The zero-order chi connectivity index (χ0) is 11.6. The Morgan fingerprint density at radius 3 is 2.47 bits per heavy atom. The molecule has 0 N–H and O–H groups in total. The number of rotatable bonds is 3. The number of ketones is 1. The molecule has 0 aliphatic heterocycles. The van der Waals surface area contributed by atoms with Crippen molar-refractivity contribution in [2.75, 3.05) is 0 Å². The van der Waals surface area contributed by atoms with Crippen LogP contribution >= 0.6 is 11.6 Å². The lowest BCUT2D eigenvalue weighted by molar-refractivity contribution is -0.0498. The Hall–Kier alpha value is -1.16. The molecule has 0 heterocycles. The fraction of sp³-hybridized carbons (Fsp3) is 0.300. The Balaban J connectivity index is 3.14. The molecule has 0 radical (unpaired) electrons. The fourth-order valence-corrected chi connectivity index (χ4v) is 1.72. The van der Waals surface area contributed by atoms with E-state index in [1.165, 1.54) is 19.1 Å². The highest BCUT2D eigenvalue weighted by Crippen LogP contribution is 2.27. The average Bonchev–Trinajstić information content (AvgIpc) is 1.99. The molecule has 0 aliphatic rings. The first-order chi connectivity index (χ1) is 6.91. The molecule has 0 aromatic heterocycles. The lowest BCUT2D eigenvalue weighted by Crippen LogP contribution is -2.04. The molecule has 0 spiro atoms. The monoisotopic (exact) mass is 234 g/mol. The van der Waals surface area contributed by atoms with Crippen LogP contribution in [0.3, 0.4) is 0 Å². The van der Waals surface area contributed by atoms with Crippen LogP contribution in [0.5, 0.6) is 5.75 Å². The molecule has 0 fully saturated rings. The lowest BCUT2D eigenvalue weighted by Gasteiger charge is -2.09. The largest absolute Gasteiger partial charge is 0.435 e. The van der Waals surface area contributed by atoms with Crippen molar-refractivity contribution in [1.29, 1.82) is 0 Å². The number of hydrogen-bond donors (Lipinski definition) is 0. The van der Waals surface area contributed by atoms with Gasteiger partial charge in [0.05, 0.1) is 5.02 Å². The number of carbonyl (C=O) groups is 1. The van der Waals surface area contributed by atoms with Gasteiger partial charge in [0, 0.05) is 5.56 Å². The Kier molecular flexibility index (Phi) is 3.63. The van der Waals surface area contributed by atoms with Gasteiger partial charge in [-0.15, -0.1) is 0 Å². The van der Waals surface area contributed by atoms with Crippen molar-refractivity contribution in [3.8, 4) is 5.75 Å². The van der Waals surface area contributed by atoms with Crippen molar-refractivity contribution in [2.24, 2.45) is 0 Å². The van der Waals surface area contributed by atoms with Crippen molar-refractivity contribution in [3.63, 3.8) is 0 Å². The van der Waals surface area contributed by atoms with Gasteiger partial charge in [-0.3, -0.25) is 4.79 Å². The number of carbonyl (C=O) groups excluding carboxylic acids is 1. The summed E-state index contributed by atoms with van der Waals surface area (Å²) in [6.45, 7) is 0.0756. The van der Waals surface area contributed by atoms with Crippen LogP contribution in [-0.2, 0) is 0 Å². The molecule has 5 heteroatoms. The van der Waals surface area contributed by atoms with Gasteiger partial charge in [0.1, 0.15) is 5.75 Å². The molecule has 0 amide bonds. The van der Waals surface area contributed by atoms with Gasteiger partial charge in [-0.1, -0.05) is 11.6 Å². The predicted octanol–water partition coefficient (Wildman–Crippen LogP) is 3.45. The highest BCUT2D eigenvalue weighted by atomic mass is 35.5. The second-order valence-electron chi connectivity index (χ2n) is 3.03. The molecule has 15 heavy (non-hydrogen) atoms. The quantitative estimate of drug-likeness (QED) is 0.749. The fourth-order valence-electron chi connectivity index (χ4n) is 1.33. The van der Waals surface area contributed by atoms with Gasteiger partial charge in [-0.05, 0) is 31.5 Å². The number of Topliss-reactive ketones (excluding diaryl/α,β-unsaturated/α-hetero) is 1. The summed E-state index contributed by atoms with van der Waals surface area (Å²) in [5.74, 6) is -0.251. The molecule has 0 unspecified atom stereocenters. The van der Waals surface area contributed by atoms with Gasteiger partial charge in [-0.2, -0.15) is 8.78 Å². The van der Waals surface area contributed by atoms with E-state index < -0.39 is 6.61 Å². The SMILES string of the molecule is CC(=O)c1c(C)cc(OC(F)F)cc1Cl. The van der Waals surface area contributed by atoms with E-state index >= 15 is 0 Å². The molecule has 0 aliphatic carbocycles. The van der Waals surface area contributed by atoms with E-state index in [-0.39, 0.29) is 16.6 Å². The molecule has 0 saturated carbocycles. The summed E-state index contributed by atoms with van der Waals surface area (Å²) >= 11 is 5.77. The molecular formula is C10H9ClF2O2. The maximum Gasteiger partial charge on any atom is 0.387 e. The summed E-state index contributed by atoms with van der Waals surface area (Å²) in [6.07, 6.45) is 0. The molecule has 1 aromatic rings. The van der Waals surface area contributed by atoms with Crippen molar-refractivity contribution in [2.45, 2.75) is 20.5 Å². The molecule has 1 rings (SSSR count). The van der Waals surface area contributed by atoms with Crippen LogP contribution in [-0.4, -0.2) is 12.4 Å². The maximum absolute atomic E-state index is 11.9. The lowest BCUT2D eigenvalue weighted by atomic mass is 10.1. The number of ether oxygens (including phenoxy) is 1. The number of hydrogen-bond acceptors (Lipinski definition) is 2. The van der Waals surface area contributed by atoms with Crippen molar-refractivity contribution >= 4 is 17.4 Å². The Bertz CT molecular complexity index is 368. The summed E-state index contributed by atoms with van der Waals surface area (Å²) in [7, 11) is 0. The minimum Gasteiger partial charge on any atom is -0.435 e. The highest BCUT2D eigenvalue weighted by molar-refractivity contribution is 6.34. The first kappa shape index (κ1) is 11.9. The number of halogens is 3. The minimum atomic E-state index is -2.90. The summed E-state index contributed by atoms with van der Waals surface area (Å²) in [5, 5.41) is 0.123. The van der Waals surface area contributed by atoms with Gasteiger partial charge in [-0.25, -0.2) is 0 Å². The van der Waals surface area contributed by atoms with Crippen LogP contribution in [0.15, 0.2) is 12.1 Å². The summed E-state index contributed by atoms with van der Waals surface area (Å²) in [4.78, 5) is 11.1. The average molecular weight is 235 g/mol. The summed E-state index contributed by atoms with van der Waals surface area (Å²) in [5.41, 5.74) is 0.851. The van der Waals surface area contributed by atoms with E-state index in [0.717, 1.165) is 0 Å². The van der Waals surface area contributed by atoms with Crippen molar-refractivity contribution in [1.82, 2.24) is 0 Å². The van der Waals surface area contributed by atoms with E-state index in [1.807, 2.05) is 0 Å². The Morgan fingerprint density at radius 2 is 2.07 bits per heavy atom. The molecule has 0 saturated heterocycles. The minimum absolute atomic E-state index is 0.0440. The zero-order valence-corrected chi connectivity index (χ0v) is 8.94. The molecule has 0 bridgehead atoms. The predicted molar refractivity (Wildman–Crippen MR) is 52.8 cm³/mol. The second-order valence-corrected chi connectivity index (χ2v) is 3.44. The number of aryl methyl sites for hydroxylation is 1. The van der Waals surface area contributed by atoms with Gasteiger partial charge in [0.2, 0.25) is 0 Å². The van der Waals surface area contributed by atoms with Gasteiger partial charge in [0.25, 0.3) is 0 Å². The standard InChI is InChI=1S/C10H9ClF2O2/c1-5-3-7(15-10(12)13)4-8(11)9(5)6(2)14/h3-4,10H,1-2H3. The van der Waals surface area contributed by atoms with Crippen molar-refractivity contribution < 1.29 is 18.3 Å². The van der Waals surface area contributed by atoms with Gasteiger partial charge < -0.3 is 4.74 Å². The maximum atomic E-state index is 11.9. The van der Waals surface area contributed by atoms with Crippen LogP contribution < -0.4 is 4.74 Å². The summed E-state index contributed by atoms with van der Waals surface area (Å²) < 4.78 is 28.0. The Morgan fingerprint density at radius 1 is 1.47 bits per heavy atom. The van der Waals surface area contributed by atoms with Crippen LogP contribution in [0.25, 0.3) is 0 Å². The third-order valence-electron chi connectivity index (χ3n) is 1.84. The van der Waals surface area contributed by atoms with E-state index in [1.54, 1.807) is 6.92 Å². The number of alkyl halides is 2. The Labute approximate surface area is 90.8 Å².